The van der Waals surface area contributed by atoms with Gasteiger partial charge in [-0.1, -0.05) is 13.8 Å². The number of aromatic nitrogens is 1. The Morgan fingerprint density at radius 2 is 2.22 bits per heavy atom. The van der Waals surface area contributed by atoms with Gasteiger partial charge >= 0.3 is 0 Å². The maximum atomic E-state index is 11.5. The summed E-state index contributed by atoms with van der Waals surface area (Å²) in [7, 11) is 0. The fourth-order valence-electron chi connectivity index (χ4n) is 2.38. The standard InChI is InChI=1S/C13H16Br2N2O/c1-8(2)13(4-3-12(18)17-13)6-11-10(15)5-9(14)7-16-11/h5,7-8H,3-4,6H2,1-2H3,(H,17,18). The van der Waals surface area contributed by atoms with Crippen LogP contribution in [0.5, 0.6) is 0 Å². The number of halogens is 2. The minimum absolute atomic E-state index is 0.150. The first-order chi connectivity index (χ1) is 8.43. The summed E-state index contributed by atoms with van der Waals surface area (Å²) >= 11 is 6.94. The predicted molar refractivity (Wildman–Crippen MR) is 78.3 cm³/mol. The third-order valence-electron chi connectivity index (χ3n) is 3.66. The average molecular weight is 376 g/mol. The monoisotopic (exact) mass is 374 g/mol. The average Bonchev–Trinajstić information content (AvgIpc) is 2.66. The highest BCUT2D eigenvalue weighted by Crippen LogP contribution is 2.33. The van der Waals surface area contributed by atoms with Crippen molar-refractivity contribution in [3.05, 3.63) is 26.9 Å². The van der Waals surface area contributed by atoms with Gasteiger partial charge in [-0.05, 0) is 50.3 Å². The molecule has 1 amide bonds. The summed E-state index contributed by atoms with van der Waals surface area (Å²) in [6.07, 6.45) is 4.06. The van der Waals surface area contributed by atoms with Gasteiger partial charge in [0.25, 0.3) is 0 Å². The SMILES string of the molecule is CC(C)C1(Cc2ncc(Br)cc2Br)CCC(=O)N1. The van der Waals surface area contributed by atoms with Crippen LogP contribution in [-0.4, -0.2) is 16.4 Å². The van der Waals surface area contributed by atoms with Crippen molar-refractivity contribution in [3.63, 3.8) is 0 Å². The van der Waals surface area contributed by atoms with Crippen LogP contribution in [0, 0.1) is 5.92 Å². The van der Waals surface area contributed by atoms with E-state index in [4.69, 9.17) is 0 Å². The molecular formula is C13H16Br2N2O. The van der Waals surface area contributed by atoms with Crippen molar-refractivity contribution in [2.75, 3.05) is 0 Å². The van der Waals surface area contributed by atoms with Gasteiger partial charge in [-0.2, -0.15) is 0 Å². The molecule has 1 N–H and O–H groups in total. The molecule has 0 aromatic carbocycles. The van der Waals surface area contributed by atoms with Gasteiger partial charge in [-0.15, -0.1) is 0 Å². The molecule has 1 aliphatic rings. The molecule has 98 valence electrons. The van der Waals surface area contributed by atoms with E-state index < -0.39 is 0 Å². The lowest BCUT2D eigenvalue weighted by atomic mass is 9.81. The highest BCUT2D eigenvalue weighted by molar-refractivity contribution is 9.11. The molecule has 3 nitrogen and oxygen atoms in total. The van der Waals surface area contributed by atoms with Gasteiger partial charge in [0.15, 0.2) is 0 Å². The van der Waals surface area contributed by atoms with Crippen molar-refractivity contribution in [1.82, 2.24) is 10.3 Å². The van der Waals surface area contributed by atoms with E-state index in [1.165, 1.54) is 0 Å². The topological polar surface area (TPSA) is 42.0 Å². The minimum atomic E-state index is -0.152. The molecule has 1 aliphatic heterocycles. The van der Waals surface area contributed by atoms with Crippen LogP contribution in [0.1, 0.15) is 32.4 Å². The maximum Gasteiger partial charge on any atom is 0.220 e. The summed E-state index contributed by atoms with van der Waals surface area (Å²) in [5.41, 5.74) is 0.842. The number of nitrogens with zero attached hydrogens (tertiary/aromatic N) is 1. The van der Waals surface area contributed by atoms with Crippen molar-refractivity contribution in [2.24, 2.45) is 5.92 Å². The fourth-order valence-corrected chi connectivity index (χ4v) is 3.51. The number of nitrogens with one attached hydrogen (secondary N) is 1. The van der Waals surface area contributed by atoms with E-state index >= 15 is 0 Å². The van der Waals surface area contributed by atoms with Gasteiger partial charge in [0.1, 0.15) is 0 Å². The number of hydrogen-bond donors (Lipinski definition) is 1. The van der Waals surface area contributed by atoms with E-state index in [1.807, 2.05) is 6.07 Å². The van der Waals surface area contributed by atoms with Crippen LogP contribution in [0.15, 0.2) is 21.2 Å². The van der Waals surface area contributed by atoms with Crippen molar-refractivity contribution in [1.29, 1.82) is 0 Å². The molecule has 0 spiro atoms. The van der Waals surface area contributed by atoms with E-state index in [1.54, 1.807) is 6.20 Å². The summed E-state index contributed by atoms with van der Waals surface area (Å²) < 4.78 is 1.94. The summed E-state index contributed by atoms with van der Waals surface area (Å²) in [6.45, 7) is 4.30. The molecule has 18 heavy (non-hydrogen) atoms. The number of amides is 1. The number of hydrogen-bond acceptors (Lipinski definition) is 2. The highest BCUT2D eigenvalue weighted by Gasteiger charge is 2.41. The summed E-state index contributed by atoms with van der Waals surface area (Å²) in [5.74, 6) is 0.540. The Hall–Kier alpha value is -0.420. The van der Waals surface area contributed by atoms with Crippen molar-refractivity contribution in [3.8, 4) is 0 Å². The Bertz CT molecular complexity index is 476. The molecule has 1 saturated heterocycles. The summed E-state index contributed by atoms with van der Waals surface area (Å²) in [4.78, 5) is 16.0. The molecule has 2 rings (SSSR count). The smallest absolute Gasteiger partial charge is 0.220 e. The molecule has 0 radical (unpaired) electrons. The van der Waals surface area contributed by atoms with E-state index in [2.05, 4.69) is 56.0 Å². The molecule has 0 saturated carbocycles. The molecule has 0 bridgehead atoms. The van der Waals surface area contributed by atoms with E-state index in [0.29, 0.717) is 12.3 Å². The third kappa shape index (κ3) is 2.77. The molecule has 5 heteroatoms. The minimum Gasteiger partial charge on any atom is -0.350 e. The summed E-state index contributed by atoms with van der Waals surface area (Å²) in [5, 5.41) is 3.15. The van der Waals surface area contributed by atoms with Crippen molar-refractivity contribution >= 4 is 37.8 Å². The maximum absolute atomic E-state index is 11.5. The largest absolute Gasteiger partial charge is 0.350 e. The van der Waals surface area contributed by atoms with Crippen molar-refractivity contribution < 1.29 is 4.79 Å². The van der Waals surface area contributed by atoms with E-state index in [0.717, 1.165) is 27.5 Å². The van der Waals surface area contributed by atoms with Crippen LogP contribution >= 0.6 is 31.9 Å². The third-order valence-corrected chi connectivity index (χ3v) is 4.78. The Morgan fingerprint density at radius 3 is 2.72 bits per heavy atom. The Labute approximate surface area is 124 Å². The lowest BCUT2D eigenvalue weighted by Gasteiger charge is -2.33. The Balaban J connectivity index is 2.27. The van der Waals surface area contributed by atoms with Crippen molar-refractivity contribution in [2.45, 2.75) is 38.6 Å². The van der Waals surface area contributed by atoms with Crippen LogP contribution in [0.4, 0.5) is 0 Å². The van der Waals surface area contributed by atoms with Gasteiger partial charge in [-0.3, -0.25) is 9.78 Å². The van der Waals surface area contributed by atoms with Gasteiger partial charge in [0.2, 0.25) is 5.91 Å². The first kappa shape index (κ1) is 14.0. The first-order valence-corrected chi connectivity index (χ1v) is 7.62. The molecule has 1 atom stereocenters. The van der Waals surface area contributed by atoms with Crippen LogP contribution in [0.3, 0.4) is 0 Å². The first-order valence-electron chi connectivity index (χ1n) is 6.04. The molecule has 2 heterocycles. The Morgan fingerprint density at radius 1 is 1.50 bits per heavy atom. The quantitative estimate of drug-likeness (QED) is 0.878. The van der Waals surface area contributed by atoms with Crippen LogP contribution < -0.4 is 5.32 Å². The fraction of sp³-hybridized carbons (Fsp3) is 0.538. The van der Waals surface area contributed by atoms with E-state index in [-0.39, 0.29) is 11.4 Å². The van der Waals surface area contributed by atoms with Gasteiger partial charge in [0.05, 0.1) is 5.69 Å². The zero-order valence-corrected chi connectivity index (χ0v) is 13.6. The van der Waals surface area contributed by atoms with Crippen LogP contribution in [-0.2, 0) is 11.2 Å². The molecule has 0 aliphatic carbocycles. The summed E-state index contributed by atoms with van der Waals surface area (Å²) in [6, 6.07) is 1.99. The zero-order valence-electron chi connectivity index (χ0n) is 10.5. The second-order valence-electron chi connectivity index (χ2n) is 5.12. The number of carbonyl (C=O) groups is 1. The van der Waals surface area contributed by atoms with Gasteiger partial charge < -0.3 is 5.32 Å². The molecule has 1 aromatic rings. The zero-order chi connectivity index (χ0) is 13.3. The Kier molecular flexibility index (Phi) is 4.11. The molecule has 1 fully saturated rings. The lowest BCUT2D eigenvalue weighted by molar-refractivity contribution is -0.120. The second-order valence-corrected chi connectivity index (χ2v) is 6.89. The second kappa shape index (κ2) is 5.29. The van der Waals surface area contributed by atoms with E-state index in [9.17, 15) is 4.79 Å². The highest BCUT2D eigenvalue weighted by atomic mass is 79.9. The molecular weight excluding hydrogens is 360 g/mol. The van der Waals surface area contributed by atoms with Gasteiger partial charge in [0, 0.05) is 33.5 Å². The van der Waals surface area contributed by atoms with Gasteiger partial charge in [-0.25, -0.2) is 0 Å². The molecule has 1 unspecified atom stereocenters. The number of carbonyl (C=O) groups excluding carboxylic acids is 1. The lowest BCUT2D eigenvalue weighted by Crippen LogP contribution is -2.48. The number of pyridine rings is 1. The molecule has 1 aromatic heterocycles. The van der Waals surface area contributed by atoms with Crippen LogP contribution in [0.2, 0.25) is 0 Å². The normalized spacial score (nSPS) is 23.5. The predicted octanol–water partition coefficient (Wildman–Crippen LogP) is 3.45. The number of rotatable bonds is 3. The van der Waals surface area contributed by atoms with Crippen LogP contribution in [0.25, 0.3) is 0 Å².